The Balaban J connectivity index is 1.89. The van der Waals surface area contributed by atoms with Gasteiger partial charge < -0.3 is 10.6 Å². The second-order valence-electron chi connectivity index (χ2n) is 5.12. The number of halogens is 4. The minimum atomic E-state index is -4.43. The van der Waals surface area contributed by atoms with Crippen molar-refractivity contribution in [2.45, 2.75) is 26.1 Å². The Kier molecular flexibility index (Phi) is 6.74. The van der Waals surface area contributed by atoms with Gasteiger partial charge in [-0.15, -0.1) is 11.3 Å². The lowest BCUT2D eigenvalue weighted by Gasteiger charge is -2.11. The fourth-order valence-electron chi connectivity index (χ4n) is 1.98. The van der Waals surface area contributed by atoms with E-state index in [4.69, 9.17) is 0 Å². The van der Waals surface area contributed by atoms with Gasteiger partial charge in [0.25, 0.3) is 0 Å². The lowest BCUT2D eigenvalue weighted by Crippen LogP contribution is -2.38. The summed E-state index contributed by atoms with van der Waals surface area (Å²) in [5, 5.41) is 7.39. The lowest BCUT2D eigenvalue weighted by atomic mass is 10.1. The number of hydrogen-bond acceptors (Lipinski definition) is 3. The van der Waals surface area contributed by atoms with Crippen LogP contribution in [0, 0.1) is 5.82 Å². The molecule has 0 fully saturated rings. The van der Waals surface area contributed by atoms with E-state index in [1.807, 2.05) is 6.92 Å². The maximum absolute atomic E-state index is 12.9. The summed E-state index contributed by atoms with van der Waals surface area (Å²) in [5.41, 5.74) is 0.0801. The summed E-state index contributed by atoms with van der Waals surface area (Å²) in [6.45, 7) is 3.13. The Labute approximate surface area is 147 Å². The molecule has 0 aliphatic rings. The number of nitrogens with zero attached hydrogens (tertiary/aromatic N) is 2. The normalized spacial score (nSPS) is 12.3. The molecular weight excluding hydrogens is 356 g/mol. The van der Waals surface area contributed by atoms with E-state index in [1.165, 1.54) is 12.1 Å². The van der Waals surface area contributed by atoms with E-state index in [2.05, 4.69) is 20.6 Å². The second-order valence-corrected chi connectivity index (χ2v) is 6.07. The van der Waals surface area contributed by atoms with Gasteiger partial charge in [-0.1, -0.05) is 12.1 Å². The largest absolute Gasteiger partial charge is 0.434 e. The summed E-state index contributed by atoms with van der Waals surface area (Å²) in [7, 11) is 0. The van der Waals surface area contributed by atoms with E-state index in [9.17, 15) is 17.6 Å². The maximum Gasteiger partial charge on any atom is 0.434 e. The van der Waals surface area contributed by atoms with Crippen LogP contribution in [-0.4, -0.2) is 24.0 Å². The molecule has 1 heterocycles. The first-order chi connectivity index (χ1) is 11.9. The molecule has 1 aromatic heterocycles. The molecule has 0 atom stereocenters. The van der Waals surface area contributed by atoms with Crippen molar-refractivity contribution in [1.82, 2.24) is 15.6 Å². The molecular formula is C16H18F4N4S. The Hall–Kier alpha value is -2.16. The molecule has 9 heteroatoms. The number of aromatic nitrogens is 1. The average Bonchev–Trinajstić information content (AvgIpc) is 3.04. The highest BCUT2D eigenvalue weighted by Crippen LogP contribution is 2.30. The Morgan fingerprint density at radius 2 is 1.92 bits per heavy atom. The molecule has 0 aliphatic heterocycles. The zero-order valence-electron chi connectivity index (χ0n) is 13.5. The van der Waals surface area contributed by atoms with Crippen LogP contribution in [0.5, 0.6) is 0 Å². The number of benzene rings is 1. The van der Waals surface area contributed by atoms with Crippen LogP contribution < -0.4 is 10.6 Å². The monoisotopic (exact) mass is 374 g/mol. The number of hydrogen-bond donors (Lipinski definition) is 2. The summed E-state index contributed by atoms with van der Waals surface area (Å²) in [5.74, 6) is 0.210. The van der Waals surface area contributed by atoms with Gasteiger partial charge in [-0.05, 0) is 31.0 Å². The maximum atomic E-state index is 12.9. The lowest BCUT2D eigenvalue weighted by molar-refractivity contribution is -0.140. The molecule has 0 unspecified atom stereocenters. The van der Waals surface area contributed by atoms with Crippen molar-refractivity contribution >= 4 is 17.3 Å². The summed E-state index contributed by atoms with van der Waals surface area (Å²) in [6.07, 6.45) is -3.77. The number of aliphatic imine (C=N–C) groups is 1. The molecule has 2 rings (SSSR count). The number of thiazole rings is 1. The molecule has 0 amide bonds. The van der Waals surface area contributed by atoms with Crippen molar-refractivity contribution in [3.05, 3.63) is 51.7 Å². The number of rotatable bonds is 6. The molecule has 0 aliphatic carbocycles. The molecule has 2 N–H and O–H groups in total. The van der Waals surface area contributed by atoms with Gasteiger partial charge in [0.05, 0.1) is 6.54 Å². The summed E-state index contributed by atoms with van der Waals surface area (Å²) in [4.78, 5) is 7.78. The van der Waals surface area contributed by atoms with Crippen LogP contribution in [0.15, 0.2) is 34.6 Å². The third-order valence-electron chi connectivity index (χ3n) is 3.18. The van der Waals surface area contributed by atoms with Gasteiger partial charge >= 0.3 is 6.18 Å². The molecule has 0 spiro atoms. The molecule has 0 saturated carbocycles. The predicted molar refractivity (Wildman–Crippen MR) is 90.0 cm³/mol. The van der Waals surface area contributed by atoms with E-state index >= 15 is 0 Å². The molecule has 0 saturated heterocycles. The van der Waals surface area contributed by atoms with Crippen molar-refractivity contribution < 1.29 is 17.6 Å². The fourth-order valence-corrected chi connectivity index (χ4v) is 2.70. The van der Waals surface area contributed by atoms with Crippen molar-refractivity contribution in [2.75, 3.05) is 13.1 Å². The first-order valence-electron chi connectivity index (χ1n) is 7.66. The Morgan fingerprint density at radius 3 is 2.52 bits per heavy atom. The van der Waals surface area contributed by atoms with E-state index in [-0.39, 0.29) is 12.4 Å². The summed E-state index contributed by atoms with van der Waals surface area (Å²) >= 11 is 0.929. The predicted octanol–water partition coefficient (Wildman–Crippen LogP) is 3.60. The number of guanidine groups is 1. The minimum Gasteiger partial charge on any atom is -0.357 e. The standard InChI is InChI=1S/C16H18F4N4S/c1-2-21-15(22-8-7-11-3-5-12(17)6-4-11)23-9-14-24-13(10-25-14)16(18,19)20/h3-6,10H,2,7-9H2,1H3,(H2,21,22,23). The summed E-state index contributed by atoms with van der Waals surface area (Å²) < 4.78 is 50.5. The highest BCUT2D eigenvalue weighted by Gasteiger charge is 2.33. The second kappa shape index (κ2) is 8.80. The van der Waals surface area contributed by atoms with Gasteiger partial charge in [-0.2, -0.15) is 13.2 Å². The highest BCUT2D eigenvalue weighted by atomic mass is 32.1. The van der Waals surface area contributed by atoms with Crippen molar-refractivity contribution in [1.29, 1.82) is 0 Å². The Bertz CT molecular complexity index is 695. The first kappa shape index (κ1) is 19.2. The van der Waals surface area contributed by atoms with Gasteiger partial charge in [0.15, 0.2) is 11.7 Å². The molecule has 0 radical (unpaired) electrons. The van der Waals surface area contributed by atoms with Gasteiger partial charge in [0.2, 0.25) is 0 Å². The Morgan fingerprint density at radius 1 is 1.20 bits per heavy atom. The van der Waals surface area contributed by atoms with Crippen LogP contribution in [0.25, 0.3) is 0 Å². The van der Waals surface area contributed by atoms with Gasteiger partial charge in [-0.3, -0.25) is 0 Å². The quantitative estimate of drug-likeness (QED) is 0.461. The van der Waals surface area contributed by atoms with E-state index in [0.717, 1.165) is 22.3 Å². The van der Waals surface area contributed by atoms with Gasteiger partial charge in [0.1, 0.15) is 10.8 Å². The summed E-state index contributed by atoms with van der Waals surface area (Å²) in [6, 6.07) is 6.20. The zero-order chi connectivity index (χ0) is 18.3. The van der Waals surface area contributed by atoms with Crippen molar-refractivity contribution in [3.63, 3.8) is 0 Å². The van der Waals surface area contributed by atoms with E-state index in [0.29, 0.717) is 30.5 Å². The van der Waals surface area contributed by atoms with Crippen LogP contribution in [-0.2, 0) is 19.1 Å². The van der Waals surface area contributed by atoms with Crippen LogP contribution >= 0.6 is 11.3 Å². The highest BCUT2D eigenvalue weighted by molar-refractivity contribution is 7.09. The molecule has 25 heavy (non-hydrogen) atoms. The number of alkyl halides is 3. The average molecular weight is 374 g/mol. The minimum absolute atomic E-state index is 0.0621. The molecule has 1 aromatic carbocycles. The molecule has 4 nitrogen and oxygen atoms in total. The van der Waals surface area contributed by atoms with E-state index < -0.39 is 11.9 Å². The topological polar surface area (TPSA) is 49.3 Å². The third-order valence-corrected chi connectivity index (χ3v) is 4.01. The van der Waals surface area contributed by atoms with Gasteiger partial charge in [-0.25, -0.2) is 14.4 Å². The van der Waals surface area contributed by atoms with Crippen LogP contribution in [0.3, 0.4) is 0 Å². The van der Waals surface area contributed by atoms with Crippen LogP contribution in [0.2, 0.25) is 0 Å². The molecule has 0 bridgehead atoms. The van der Waals surface area contributed by atoms with Gasteiger partial charge in [0, 0.05) is 18.5 Å². The zero-order valence-corrected chi connectivity index (χ0v) is 14.3. The first-order valence-corrected chi connectivity index (χ1v) is 8.54. The van der Waals surface area contributed by atoms with Crippen LogP contribution in [0.1, 0.15) is 23.2 Å². The van der Waals surface area contributed by atoms with E-state index in [1.54, 1.807) is 12.1 Å². The molecule has 136 valence electrons. The third kappa shape index (κ3) is 6.33. The van der Waals surface area contributed by atoms with Crippen molar-refractivity contribution in [2.24, 2.45) is 4.99 Å². The number of nitrogens with one attached hydrogen (secondary N) is 2. The SMILES string of the molecule is CCNC(=NCc1nc(C(F)(F)F)cs1)NCCc1ccc(F)cc1. The smallest absolute Gasteiger partial charge is 0.357 e. The fraction of sp³-hybridized carbons (Fsp3) is 0.375. The van der Waals surface area contributed by atoms with Crippen molar-refractivity contribution in [3.8, 4) is 0 Å². The molecule has 2 aromatic rings. The van der Waals surface area contributed by atoms with Crippen LogP contribution in [0.4, 0.5) is 17.6 Å².